The van der Waals surface area contributed by atoms with Crippen LogP contribution in [0.3, 0.4) is 0 Å². The van der Waals surface area contributed by atoms with Crippen molar-refractivity contribution in [2.24, 2.45) is 0 Å². The zero-order valence-electron chi connectivity index (χ0n) is 12.8. The molecule has 2 aromatic rings. The number of methoxy groups -OCH3 is 1. The Morgan fingerprint density at radius 1 is 1.41 bits per heavy atom. The van der Waals surface area contributed by atoms with Crippen molar-refractivity contribution in [3.63, 3.8) is 0 Å². The number of amides is 1. The third-order valence-corrected chi connectivity index (χ3v) is 3.89. The minimum absolute atomic E-state index is 0.0748. The summed E-state index contributed by atoms with van der Waals surface area (Å²) in [7, 11) is 1.61. The van der Waals surface area contributed by atoms with Gasteiger partial charge < -0.3 is 10.1 Å². The zero-order valence-corrected chi connectivity index (χ0v) is 13.6. The van der Waals surface area contributed by atoms with Gasteiger partial charge in [-0.2, -0.15) is 0 Å². The number of nitrogens with one attached hydrogen (secondary N) is 1. The van der Waals surface area contributed by atoms with Crippen molar-refractivity contribution in [1.29, 1.82) is 0 Å². The molecule has 0 bridgehead atoms. The van der Waals surface area contributed by atoms with Gasteiger partial charge in [-0.1, -0.05) is 30.0 Å². The Kier molecular flexibility index (Phi) is 5.76. The highest BCUT2D eigenvalue weighted by atomic mass is 32.2. The van der Waals surface area contributed by atoms with Crippen LogP contribution in [-0.2, 0) is 11.3 Å². The van der Waals surface area contributed by atoms with Crippen molar-refractivity contribution in [3.8, 4) is 5.75 Å². The second kappa shape index (κ2) is 7.79. The van der Waals surface area contributed by atoms with Gasteiger partial charge in [0.25, 0.3) is 0 Å². The Hall–Kier alpha value is -2.09. The van der Waals surface area contributed by atoms with Crippen LogP contribution in [0.15, 0.2) is 29.4 Å². The van der Waals surface area contributed by atoms with E-state index in [9.17, 15) is 4.79 Å². The standard InChI is InChI=1S/C14H19N5O2S/c1-10(2)19-14(16-17-18-19)22-9-13(20)15-8-11-6-4-5-7-12(11)21-3/h4-7,10H,8-9H2,1-3H3,(H,15,20). The van der Waals surface area contributed by atoms with Crippen LogP contribution >= 0.6 is 11.8 Å². The van der Waals surface area contributed by atoms with E-state index in [0.29, 0.717) is 11.7 Å². The van der Waals surface area contributed by atoms with E-state index in [1.54, 1.807) is 11.8 Å². The number of carbonyl (C=O) groups excluding carboxylic acids is 1. The number of para-hydroxylation sites is 1. The molecule has 118 valence electrons. The molecule has 0 unspecified atom stereocenters. The highest BCUT2D eigenvalue weighted by molar-refractivity contribution is 7.99. The number of benzene rings is 1. The molecule has 0 fully saturated rings. The van der Waals surface area contributed by atoms with Crippen LogP contribution in [0.2, 0.25) is 0 Å². The van der Waals surface area contributed by atoms with E-state index in [1.165, 1.54) is 11.8 Å². The molecule has 1 N–H and O–H groups in total. The van der Waals surface area contributed by atoms with E-state index in [-0.39, 0.29) is 17.7 Å². The van der Waals surface area contributed by atoms with Gasteiger partial charge in [0.15, 0.2) is 0 Å². The lowest BCUT2D eigenvalue weighted by Gasteiger charge is -2.10. The van der Waals surface area contributed by atoms with Crippen LogP contribution in [0.4, 0.5) is 0 Å². The predicted molar refractivity (Wildman–Crippen MR) is 83.8 cm³/mol. The Labute approximate surface area is 133 Å². The molecule has 1 heterocycles. The van der Waals surface area contributed by atoms with Gasteiger partial charge in [0.1, 0.15) is 5.75 Å². The van der Waals surface area contributed by atoms with Gasteiger partial charge in [-0.25, -0.2) is 4.68 Å². The Morgan fingerprint density at radius 3 is 2.91 bits per heavy atom. The molecular formula is C14H19N5O2S. The van der Waals surface area contributed by atoms with Crippen molar-refractivity contribution < 1.29 is 9.53 Å². The second-order valence-corrected chi connectivity index (χ2v) is 5.82. The molecule has 0 spiro atoms. The lowest BCUT2D eigenvalue weighted by molar-refractivity contribution is -0.118. The molecule has 0 radical (unpaired) electrons. The van der Waals surface area contributed by atoms with Crippen molar-refractivity contribution >= 4 is 17.7 Å². The molecule has 8 heteroatoms. The predicted octanol–water partition coefficient (Wildman–Crippen LogP) is 1.67. The van der Waals surface area contributed by atoms with Crippen molar-refractivity contribution in [2.75, 3.05) is 12.9 Å². The summed E-state index contributed by atoms with van der Waals surface area (Å²) in [5.74, 6) is 0.954. The number of thioether (sulfide) groups is 1. The Bertz CT molecular complexity index is 629. The quantitative estimate of drug-likeness (QED) is 0.781. The van der Waals surface area contributed by atoms with E-state index in [2.05, 4.69) is 20.8 Å². The fraction of sp³-hybridized carbons (Fsp3) is 0.429. The fourth-order valence-corrected chi connectivity index (χ4v) is 2.66. The van der Waals surface area contributed by atoms with Gasteiger partial charge in [0.2, 0.25) is 11.1 Å². The average Bonchev–Trinajstić information content (AvgIpc) is 3.00. The Morgan fingerprint density at radius 2 is 2.18 bits per heavy atom. The Balaban J connectivity index is 1.84. The lowest BCUT2D eigenvalue weighted by atomic mass is 10.2. The maximum Gasteiger partial charge on any atom is 0.230 e. The molecule has 22 heavy (non-hydrogen) atoms. The van der Waals surface area contributed by atoms with Crippen molar-refractivity contribution in [1.82, 2.24) is 25.5 Å². The molecule has 0 saturated heterocycles. The van der Waals surface area contributed by atoms with Crippen molar-refractivity contribution in [2.45, 2.75) is 31.6 Å². The second-order valence-electron chi connectivity index (χ2n) is 4.88. The van der Waals surface area contributed by atoms with Crippen LogP contribution in [0.25, 0.3) is 0 Å². The highest BCUT2D eigenvalue weighted by Crippen LogP contribution is 2.18. The topological polar surface area (TPSA) is 81.9 Å². The van der Waals surface area contributed by atoms with E-state index in [4.69, 9.17) is 4.74 Å². The lowest BCUT2D eigenvalue weighted by Crippen LogP contribution is -2.25. The molecule has 0 aliphatic rings. The molecule has 1 aromatic carbocycles. The zero-order chi connectivity index (χ0) is 15.9. The number of carbonyl (C=O) groups is 1. The minimum Gasteiger partial charge on any atom is -0.496 e. The number of aromatic nitrogens is 4. The number of hydrogen-bond donors (Lipinski definition) is 1. The maximum absolute atomic E-state index is 11.9. The highest BCUT2D eigenvalue weighted by Gasteiger charge is 2.12. The minimum atomic E-state index is -0.0748. The summed E-state index contributed by atoms with van der Waals surface area (Å²) in [5.41, 5.74) is 0.940. The molecule has 7 nitrogen and oxygen atoms in total. The molecule has 1 aromatic heterocycles. The largest absolute Gasteiger partial charge is 0.496 e. The van der Waals surface area contributed by atoms with Crippen LogP contribution in [0, 0.1) is 0 Å². The molecule has 1 amide bonds. The summed E-state index contributed by atoms with van der Waals surface area (Å²) >= 11 is 1.32. The summed E-state index contributed by atoms with van der Waals surface area (Å²) in [4.78, 5) is 11.9. The number of tetrazole rings is 1. The number of nitrogens with zero attached hydrogens (tertiary/aromatic N) is 4. The van der Waals surface area contributed by atoms with E-state index in [0.717, 1.165) is 11.3 Å². The van der Waals surface area contributed by atoms with Gasteiger partial charge in [0.05, 0.1) is 18.9 Å². The normalized spacial score (nSPS) is 10.7. The summed E-state index contributed by atoms with van der Waals surface area (Å²) in [6, 6.07) is 7.76. The molecule has 0 aliphatic heterocycles. The summed E-state index contributed by atoms with van der Waals surface area (Å²) in [6.07, 6.45) is 0. The van der Waals surface area contributed by atoms with Gasteiger partial charge in [-0.05, 0) is 30.3 Å². The van der Waals surface area contributed by atoms with Gasteiger partial charge >= 0.3 is 0 Å². The summed E-state index contributed by atoms with van der Waals surface area (Å²) in [6.45, 7) is 4.41. The van der Waals surface area contributed by atoms with Crippen LogP contribution < -0.4 is 10.1 Å². The monoisotopic (exact) mass is 321 g/mol. The number of rotatable bonds is 7. The maximum atomic E-state index is 11.9. The van der Waals surface area contributed by atoms with E-state index in [1.807, 2.05) is 38.1 Å². The number of hydrogen-bond acceptors (Lipinski definition) is 6. The molecule has 0 aliphatic carbocycles. The number of ether oxygens (including phenoxy) is 1. The summed E-state index contributed by atoms with van der Waals surface area (Å²) < 4.78 is 6.94. The van der Waals surface area contributed by atoms with Crippen LogP contribution in [-0.4, -0.2) is 39.0 Å². The van der Waals surface area contributed by atoms with Gasteiger partial charge in [-0.3, -0.25) is 4.79 Å². The van der Waals surface area contributed by atoms with Crippen LogP contribution in [0.1, 0.15) is 25.5 Å². The van der Waals surface area contributed by atoms with E-state index >= 15 is 0 Å². The smallest absolute Gasteiger partial charge is 0.230 e. The SMILES string of the molecule is COc1ccccc1CNC(=O)CSc1nnnn1C(C)C. The summed E-state index contributed by atoms with van der Waals surface area (Å²) in [5, 5.41) is 15.0. The van der Waals surface area contributed by atoms with Gasteiger partial charge in [-0.15, -0.1) is 5.10 Å². The van der Waals surface area contributed by atoms with Crippen molar-refractivity contribution in [3.05, 3.63) is 29.8 Å². The molecule has 0 atom stereocenters. The third kappa shape index (κ3) is 4.20. The first-order chi connectivity index (χ1) is 10.6. The fourth-order valence-electron chi connectivity index (χ4n) is 1.83. The molecule has 0 saturated carbocycles. The third-order valence-electron chi connectivity index (χ3n) is 2.95. The first-order valence-electron chi connectivity index (χ1n) is 6.91. The average molecular weight is 321 g/mol. The van der Waals surface area contributed by atoms with Crippen LogP contribution in [0.5, 0.6) is 5.75 Å². The first kappa shape index (κ1) is 16.3. The molecule has 2 rings (SSSR count). The molecular weight excluding hydrogens is 302 g/mol. The van der Waals surface area contributed by atoms with Gasteiger partial charge in [0, 0.05) is 12.1 Å². The first-order valence-corrected chi connectivity index (χ1v) is 7.89. The van der Waals surface area contributed by atoms with E-state index < -0.39 is 0 Å².